The van der Waals surface area contributed by atoms with Crippen molar-refractivity contribution in [1.82, 2.24) is 4.57 Å². The zero-order valence-corrected chi connectivity index (χ0v) is 21.4. The number of hydrogen-bond acceptors (Lipinski definition) is 7. The number of aromatic nitrogens is 1. The maximum atomic E-state index is 13.6. The van der Waals surface area contributed by atoms with E-state index < -0.39 is 28.1 Å². The standard InChI is InChI=1S/C26H14Cl2N4O5S/c27-15-8-5-13(6-9-15)20-12-38-26(30-25(35)14-7-10-18(28)19(11-14)32(36)37)31(20)22-21(29)23(33)16-3-1-2-4-17(16)24(22)34/h1-12H,29H2. The van der Waals surface area contributed by atoms with Gasteiger partial charge in [0.15, 0.2) is 4.80 Å². The molecule has 0 atom stereocenters. The van der Waals surface area contributed by atoms with Gasteiger partial charge in [0.2, 0.25) is 11.6 Å². The van der Waals surface area contributed by atoms with E-state index in [9.17, 15) is 24.5 Å². The van der Waals surface area contributed by atoms with E-state index in [2.05, 4.69) is 4.99 Å². The summed E-state index contributed by atoms with van der Waals surface area (Å²) >= 11 is 12.9. The Morgan fingerprint density at radius 3 is 2.29 bits per heavy atom. The highest BCUT2D eigenvalue weighted by molar-refractivity contribution is 7.07. The largest absolute Gasteiger partial charge is 0.394 e. The Morgan fingerprint density at radius 2 is 1.63 bits per heavy atom. The molecule has 0 saturated carbocycles. The molecule has 0 saturated heterocycles. The summed E-state index contributed by atoms with van der Waals surface area (Å²) < 4.78 is 1.35. The first kappa shape index (κ1) is 25.3. The van der Waals surface area contributed by atoms with Crippen molar-refractivity contribution in [3.63, 3.8) is 0 Å². The number of nitro benzene ring substituents is 1. The van der Waals surface area contributed by atoms with Crippen molar-refractivity contribution < 1.29 is 19.3 Å². The Morgan fingerprint density at radius 1 is 0.974 bits per heavy atom. The van der Waals surface area contributed by atoms with Crippen LogP contribution in [0.5, 0.6) is 0 Å². The molecule has 38 heavy (non-hydrogen) atoms. The summed E-state index contributed by atoms with van der Waals surface area (Å²) in [7, 11) is 0. The molecule has 0 bridgehead atoms. The third-order valence-electron chi connectivity index (χ3n) is 5.79. The van der Waals surface area contributed by atoms with Crippen LogP contribution in [0.25, 0.3) is 17.0 Å². The van der Waals surface area contributed by atoms with Crippen molar-refractivity contribution in [1.29, 1.82) is 0 Å². The first-order chi connectivity index (χ1) is 18.2. The van der Waals surface area contributed by atoms with E-state index in [4.69, 9.17) is 28.9 Å². The summed E-state index contributed by atoms with van der Waals surface area (Å²) in [6.45, 7) is 0. The molecule has 1 heterocycles. The Labute approximate surface area is 228 Å². The van der Waals surface area contributed by atoms with Crippen molar-refractivity contribution in [2.75, 3.05) is 0 Å². The monoisotopic (exact) mass is 564 g/mol. The number of rotatable bonds is 4. The lowest BCUT2D eigenvalue weighted by Gasteiger charge is -2.20. The van der Waals surface area contributed by atoms with Crippen molar-refractivity contribution in [2.45, 2.75) is 0 Å². The van der Waals surface area contributed by atoms with Gasteiger partial charge in [0.25, 0.3) is 11.6 Å². The van der Waals surface area contributed by atoms with Crippen LogP contribution in [-0.4, -0.2) is 27.0 Å². The number of fused-ring (bicyclic) bond motifs is 1. The second kappa shape index (κ2) is 9.82. The van der Waals surface area contributed by atoms with Crippen LogP contribution in [0.3, 0.4) is 0 Å². The third-order valence-corrected chi connectivity index (χ3v) is 7.19. The van der Waals surface area contributed by atoms with Crippen molar-refractivity contribution in [2.24, 2.45) is 10.7 Å². The molecule has 2 N–H and O–H groups in total. The fraction of sp³-hybridized carbons (Fsp3) is 0. The van der Waals surface area contributed by atoms with Gasteiger partial charge < -0.3 is 5.73 Å². The molecule has 3 aromatic carbocycles. The Balaban J connectivity index is 1.75. The number of carbonyl (C=O) groups is 3. The predicted octanol–water partition coefficient (Wildman–Crippen LogP) is 5.38. The van der Waals surface area contributed by atoms with E-state index in [-0.39, 0.29) is 37.9 Å². The molecular weight excluding hydrogens is 551 g/mol. The van der Waals surface area contributed by atoms with Gasteiger partial charge in [-0.1, -0.05) is 59.6 Å². The number of nitrogens with zero attached hydrogens (tertiary/aromatic N) is 3. The minimum atomic E-state index is -0.822. The molecule has 1 aliphatic rings. The SMILES string of the molecule is NC1=C(n2c(-c3ccc(Cl)cc3)csc2=NC(=O)c2ccc(Cl)c([N+](=O)[O-])c2)C(=O)c2ccccc2C1=O. The highest BCUT2D eigenvalue weighted by atomic mass is 35.5. The Hall–Kier alpha value is -4.38. The molecule has 5 rings (SSSR count). The highest BCUT2D eigenvalue weighted by Crippen LogP contribution is 2.31. The normalized spacial score (nSPS) is 13.6. The van der Waals surface area contributed by atoms with Crippen LogP contribution in [0, 0.1) is 10.1 Å². The van der Waals surface area contributed by atoms with Crippen molar-refractivity contribution >= 4 is 63.4 Å². The minimum Gasteiger partial charge on any atom is -0.394 e. The highest BCUT2D eigenvalue weighted by Gasteiger charge is 2.33. The summed E-state index contributed by atoms with van der Waals surface area (Å²) in [5, 5.41) is 13.3. The van der Waals surface area contributed by atoms with Gasteiger partial charge in [0.1, 0.15) is 16.4 Å². The molecule has 0 unspecified atom stereocenters. The van der Waals surface area contributed by atoms with Gasteiger partial charge in [-0.25, -0.2) is 0 Å². The van der Waals surface area contributed by atoms with E-state index in [0.29, 0.717) is 16.3 Å². The molecule has 4 aromatic rings. The average Bonchev–Trinajstić information content (AvgIpc) is 3.30. The third kappa shape index (κ3) is 4.34. The predicted molar refractivity (Wildman–Crippen MR) is 143 cm³/mol. The van der Waals surface area contributed by atoms with E-state index >= 15 is 0 Å². The van der Waals surface area contributed by atoms with E-state index in [1.165, 1.54) is 28.8 Å². The molecule has 9 nitrogen and oxygen atoms in total. The molecular formula is C26H14Cl2N4O5S. The first-order valence-corrected chi connectivity index (χ1v) is 12.5. The van der Waals surface area contributed by atoms with E-state index in [1.54, 1.807) is 41.8 Å². The lowest BCUT2D eigenvalue weighted by Crippen LogP contribution is -2.32. The Bertz CT molecular complexity index is 1790. The number of ketones is 2. The quantitative estimate of drug-likeness (QED) is 0.261. The molecule has 0 aliphatic heterocycles. The van der Waals surface area contributed by atoms with Crippen molar-refractivity contribution in [3.8, 4) is 11.3 Å². The van der Waals surface area contributed by atoms with Gasteiger partial charge in [-0.2, -0.15) is 4.99 Å². The number of halogens is 2. The van der Waals surface area contributed by atoms with E-state index in [1.807, 2.05) is 0 Å². The Kier molecular flexibility index (Phi) is 6.53. The van der Waals surface area contributed by atoms with Crippen molar-refractivity contribution in [3.05, 3.63) is 119 Å². The van der Waals surface area contributed by atoms with Crippen LogP contribution in [-0.2, 0) is 0 Å². The van der Waals surface area contributed by atoms with Gasteiger partial charge in [-0.05, 0) is 29.8 Å². The maximum absolute atomic E-state index is 13.6. The zero-order valence-electron chi connectivity index (χ0n) is 19.1. The molecule has 1 aliphatic carbocycles. The second-order valence-electron chi connectivity index (χ2n) is 8.05. The van der Waals surface area contributed by atoms with Crippen LogP contribution in [0.15, 0.2) is 82.8 Å². The summed E-state index contributed by atoms with van der Waals surface area (Å²) in [6.07, 6.45) is 0. The molecule has 0 spiro atoms. The first-order valence-electron chi connectivity index (χ1n) is 10.9. The number of benzene rings is 3. The summed E-state index contributed by atoms with van der Waals surface area (Å²) in [5.41, 5.74) is 6.59. The topological polar surface area (TPSA) is 138 Å². The van der Waals surface area contributed by atoms with E-state index in [0.717, 1.165) is 17.4 Å². The molecule has 1 amide bonds. The second-order valence-corrected chi connectivity index (χ2v) is 9.73. The molecule has 1 aromatic heterocycles. The fourth-order valence-corrected chi connectivity index (χ4v) is 5.17. The van der Waals surface area contributed by atoms with Gasteiger partial charge in [-0.3, -0.25) is 29.1 Å². The molecule has 0 fully saturated rings. The number of carbonyl (C=O) groups excluding carboxylic acids is 3. The summed E-state index contributed by atoms with van der Waals surface area (Å²) in [6, 6.07) is 16.5. The zero-order chi connectivity index (χ0) is 27.1. The number of nitrogens with two attached hydrogens (primary N) is 1. The minimum absolute atomic E-state index is 0.0241. The number of thiazole rings is 1. The van der Waals surface area contributed by atoms with Crippen LogP contribution >= 0.6 is 34.5 Å². The molecule has 188 valence electrons. The number of allylic oxidation sites excluding steroid dienone is 2. The van der Waals surface area contributed by atoms with Crippen LogP contribution in [0.4, 0.5) is 5.69 Å². The fourth-order valence-electron chi connectivity index (χ4n) is 3.97. The van der Waals surface area contributed by atoms with Gasteiger partial charge in [-0.15, -0.1) is 11.3 Å². The number of nitro groups is 1. The molecule has 0 radical (unpaired) electrons. The number of Topliss-reactive ketones (excluding diaryl/α,β-unsaturated/α-hetero) is 2. The summed E-state index contributed by atoms with van der Waals surface area (Å²) in [5.74, 6) is -1.89. The van der Waals surface area contributed by atoms with Gasteiger partial charge in [0.05, 0.1) is 10.6 Å². The smallest absolute Gasteiger partial charge is 0.288 e. The van der Waals surface area contributed by atoms with Crippen LogP contribution in [0.2, 0.25) is 10.0 Å². The maximum Gasteiger partial charge on any atom is 0.288 e. The van der Waals surface area contributed by atoms with Gasteiger partial charge in [0, 0.05) is 33.2 Å². The van der Waals surface area contributed by atoms with Crippen LogP contribution < -0.4 is 10.5 Å². The number of hydrogen-bond donors (Lipinski definition) is 1. The average molecular weight is 565 g/mol. The van der Waals surface area contributed by atoms with Crippen LogP contribution in [0.1, 0.15) is 31.1 Å². The summed E-state index contributed by atoms with van der Waals surface area (Å²) in [4.78, 5) is 54.6. The lowest BCUT2D eigenvalue weighted by atomic mass is 9.90. The lowest BCUT2D eigenvalue weighted by molar-refractivity contribution is -0.384. The van der Waals surface area contributed by atoms with Gasteiger partial charge >= 0.3 is 0 Å². The number of amides is 1. The molecule has 12 heteroatoms.